The van der Waals surface area contributed by atoms with Gasteiger partial charge in [0.1, 0.15) is 12.0 Å². The van der Waals surface area contributed by atoms with E-state index in [-0.39, 0.29) is 12.5 Å². The van der Waals surface area contributed by atoms with Crippen LogP contribution in [0.4, 0.5) is 0 Å². The molecule has 150 valence electrons. The third-order valence-corrected chi connectivity index (χ3v) is 5.35. The van der Waals surface area contributed by atoms with Crippen molar-refractivity contribution in [3.8, 4) is 0 Å². The van der Waals surface area contributed by atoms with Crippen molar-refractivity contribution in [3.05, 3.63) is 41.2 Å². The van der Waals surface area contributed by atoms with Crippen molar-refractivity contribution in [3.63, 3.8) is 0 Å². The quantitative estimate of drug-likeness (QED) is 0.664. The summed E-state index contributed by atoms with van der Waals surface area (Å²) in [5.74, 6) is 0.178. The largest absolute Gasteiger partial charge is 0.390 e. The van der Waals surface area contributed by atoms with Gasteiger partial charge in [-0.3, -0.25) is 14.4 Å². The summed E-state index contributed by atoms with van der Waals surface area (Å²) in [4.78, 5) is 22.8. The second kappa shape index (κ2) is 8.34. The summed E-state index contributed by atoms with van der Waals surface area (Å²) in [6, 6.07) is 1.72. The van der Waals surface area contributed by atoms with Crippen LogP contribution in [0, 0.1) is 5.92 Å². The summed E-state index contributed by atoms with van der Waals surface area (Å²) < 4.78 is 7.06. The van der Waals surface area contributed by atoms with Crippen LogP contribution in [0.5, 0.6) is 0 Å². The van der Waals surface area contributed by atoms with E-state index in [1.165, 1.54) is 17.6 Å². The Labute approximate surface area is 163 Å². The maximum Gasteiger partial charge on any atom is 0.270 e. The number of aromatic nitrogens is 4. The zero-order valence-corrected chi connectivity index (χ0v) is 16.0. The zero-order chi connectivity index (χ0) is 19.5. The first-order valence-electron chi connectivity index (χ1n) is 9.65. The Kier molecular flexibility index (Phi) is 5.65. The predicted octanol–water partition coefficient (Wildman–Crippen LogP) is -0.452. The molecule has 0 spiro atoms. The molecule has 2 aliphatic heterocycles. The lowest BCUT2D eigenvalue weighted by atomic mass is 10.0. The van der Waals surface area contributed by atoms with E-state index in [9.17, 15) is 9.90 Å². The summed E-state index contributed by atoms with van der Waals surface area (Å²) >= 11 is 0. The predicted molar refractivity (Wildman–Crippen MR) is 101 cm³/mol. The van der Waals surface area contributed by atoms with Crippen molar-refractivity contribution in [2.45, 2.75) is 25.5 Å². The Balaban J connectivity index is 1.25. The molecule has 0 unspecified atom stereocenters. The van der Waals surface area contributed by atoms with E-state index < -0.39 is 6.10 Å². The first-order valence-corrected chi connectivity index (χ1v) is 9.65. The molecule has 0 radical (unpaired) electrons. The lowest BCUT2D eigenvalue weighted by Gasteiger charge is -2.29. The summed E-state index contributed by atoms with van der Waals surface area (Å²) in [7, 11) is 1.94. The Morgan fingerprint density at radius 1 is 1.43 bits per heavy atom. The van der Waals surface area contributed by atoms with Gasteiger partial charge in [-0.05, 0) is 24.5 Å². The van der Waals surface area contributed by atoms with Gasteiger partial charge in [-0.2, -0.15) is 5.10 Å². The van der Waals surface area contributed by atoms with E-state index in [0.717, 1.165) is 44.8 Å². The van der Waals surface area contributed by atoms with Crippen LogP contribution < -0.4 is 5.32 Å². The smallest absolute Gasteiger partial charge is 0.270 e. The van der Waals surface area contributed by atoms with Gasteiger partial charge >= 0.3 is 0 Å². The molecule has 1 amide bonds. The van der Waals surface area contributed by atoms with E-state index in [4.69, 9.17) is 4.74 Å². The number of β-amino-alcohol motifs (C(OH)–C–C–N with tert-alkyl or cyclic N) is 1. The fourth-order valence-electron chi connectivity index (χ4n) is 3.64. The third kappa shape index (κ3) is 4.37. The SMILES string of the molecule is Cn1ncc2c1CN(C[C@@H](O)CNC(=O)c1cc(CC3COC3)ncn1)CC2. The number of aliphatic hydroxyl groups excluding tert-OH is 1. The molecule has 9 heteroatoms. The van der Waals surface area contributed by atoms with Gasteiger partial charge in [-0.15, -0.1) is 0 Å². The van der Waals surface area contributed by atoms with Crippen LogP contribution in [-0.2, 0) is 31.2 Å². The minimum absolute atomic E-state index is 0.184. The number of aryl methyl sites for hydroxylation is 1. The van der Waals surface area contributed by atoms with Crippen LogP contribution in [0.25, 0.3) is 0 Å². The van der Waals surface area contributed by atoms with Gasteiger partial charge in [-0.1, -0.05) is 0 Å². The second-order valence-electron chi connectivity index (χ2n) is 7.59. The number of carbonyl (C=O) groups is 1. The number of carbonyl (C=O) groups excluding carboxylic acids is 1. The molecule has 1 saturated heterocycles. The third-order valence-electron chi connectivity index (χ3n) is 5.35. The molecule has 4 heterocycles. The molecule has 28 heavy (non-hydrogen) atoms. The van der Waals surface area contributed by atoms with Crippen LogP contribution in [0.1, 0.15) is 27.4 Å². The first kappa shape index (κ1) is 19.0. The molecule has 0 aliphatic carbocycles. The first-order chi connectivity index (χ1) is 13.6. The van der Waals surface area contributed by atoms with Crippen molar-refractivity contribution >= 4 is 5.91 Å². The van der Waals surface area contributed by atoms with E-state index in [1.807, 2.05) is 17.9 Å². The number of hydrogen-bond donors (Lipinski definition) is 2. The highest BCUT2D eigenvalue weighted by Crippen LogP contribution is 2.18. The number of ether oxygens (including phenoxy) is 1. The maximum atomic E-state index is 12.4. The minimum Gasteiger partial charge on any atom is -0.390 e. The van der Waals surface area contributed by atoms with Crippen molar-refractivity contribution in [2.24, 2.45) is 13.0 Å². The van der Waals surface area contributed by atoms with Gasteiger partial charge in [0.05, 0.1) is 31.2 Å². The number of nitrogens with one attached hydrogen (secondary N) is 1. The molecule has 2 N–H and O–H groups in total. The monoisotopic (exact) mass is 386 g/mol. The van der Waals surface area contributed by atoms with Crippen molar-refractivity contribution in [1.82, 2.24) is 30.0 Å². The van der Waals surface area contributed by atoms with Gasteiger partial charge in [0.25, 0.3) is 5.91 Å². The molecule has 1 fully saturated rings. The zero-order valence-electron chi connectivity index (χ0n) is 16.0. The molecular formula is C19H26N6O3. The molecule has 0 saturated carbocycles. The maximum absolute atomic E-state index is 12.4. The van der Waals surface area contributed by atoms with Gasteiger partial charge in [0.15, 0.2) is 0 Å². The van der Waals surface area contributed by atoms with Crippen molar-refractivity contribution < 1.29 is 14.6 Å². The van der Waals surface area contributed by atoms with Crippen LogP contribution in [-0.4, -0.2) is 74.6 Å². The normalized spacial score (nSPS) is 18.4. The number of hydrogen-bond acceptors (Lipinski definition) is 7. The summed E-state index contributed by atoms with van der Waals surface area (Å²) in [5.41, 5.74) is 3.63. The van der Waals surface area contributed by atoms with Crippen LogP contribution in [0.2, 0.25) is 0 Å². The number of aliphatic hydroxyl groups is 1. The Hall–Kier alpha value is -2.36. The Morgan fingerprint density at radius 3 is 3.07 bits per heavy atom. The Morgan fingerprint density at radius 2 is 2.29 bits per heavy atom. The molecule has 0 aromatic carbocycles. The van der Waals surface area contributed by atoms with E-state index in [0.29, 0.717) is 18.2 Å². The average molecular weight is 386 g/mol. The fourth-order valence-corrected chi connectivity index (χ4v) is 3.64. The highest BCUT2D eigenvalue weighted by atomic mass is 16.5. The average Bonchev–Trinajstić information content (AvgIpc) is 3.03. The van der Waals surface area contributed by atoms with Crippen LogP contribution in [0.3, 0.4) is 0 Å². The molecular weight excluding hydrogens is 360 g/mol. The van der Waals surface area contributed by atoms with Crippen molar-refractivity contribution in [1.29, 1.82) is 0 Å². The fraction of sp³-hybridized carbons (Fsp3) is 0.579. The molecule has 2 aromatic heterocycles. The molecule has 4 rings (SSSR count). The molecule has 0 bridgehead atoms. The van der Waals surface area contributed by atoms with E-state index in [2.05, 4.69) is 25.3 Å². The number of rotatable bonds is 7. The van der Waals surface area contributed by atoms with Gasteiger partial charge in [0, 0.05) is 44.8 Å². The lowest BCUT2D eigenvalue weighted by molar-refractivity contribution is -0.0316. The molecule has 2 aromatic rings. The topological polar surface area (TPSA) is 105 Å². The van der Waals surface area contributed by atoms with Crippen LogP contribution >= 0.6 is 0 Å². The molecule has 2 aliphatic rings. The summed E-state index contributed by atoms with van der Waals surface area (Å²) in [6.45, 7) is 3.81. The summed E-state index contributed by atoms with van der Waals surface area (Å²) in [5, 5.41) is 17.4. The molecule has 9 nitrogen and oxygen atoms in total. The van der Waals surface area contributed by atoms with E-state index >= 15 is 0 Å². The standard InChI is InChI=1S/C19H26N6O3/c1-24-18-9-25(3-2-14(18)6-23-24)8-16(26)7-20-19(27)17-5-15(21-12-22-17)4-13-10-28-11-13/h5-6,12-13,16,26H,2-4,7-11H2,1H3,(H,20,27)/t16-/m0/s1. The number of amides is 1. The Bertz CT molecular complexity index is 835. The number of fused-ring (bicyclic) bond motifs is 1. The van der Waals surface area contributed by atoms with E-state index in [1.54, 1.807) is 6.07 Å². The van der Waals surface area contributed by atoms with Gasteiger partial charge in [-0.25, -0.2) is 9.97 Å². The van der Waals surface area contributed by atoms with Gasteiger partial charge < -0.3 is 15.2 Å². The summed E-state index contributed by atoms with van der Waals surface area (Å²) in [6.07, 6.45) is 4.40. The highest BCUT2D eigenvalue weighted by molar-refractivity contribution is 5.92. The number of nitrogens with zero attached hydrogens (tertiary/aromatic N) is 5. The molecule has 1 atom stereocenters. The highest BCUT2D eigenvalue weighted by Gasteiger charge is 2.22. The second-order valence-corrected chi connectivity index (χ2v) is 7.59. The minimum atomic E-state index is -0.646. The lowest BCUT2D eigenvalue weighted by Crippen LogP contribution is -2.42. The van der Waals surface area contributed by atoms with Crippen molar-refractivity contribution in [2.75, 3.05) is 32.8 Å². The van der Waals surface area contributed by atoms with Gasteiger partial charge in [0.2, 0.25) is 0 Å². The van der Waals surface area contributed by atoms with Crippen LogP contribution in [0.15, 0.2) is 18.6 Å².